The number of rotatable bonds is 3. The van der Waals surface area contributed by atoms with E-state index in [2.05, 4.69) is 15.9 Å². The molecule has 0 spiro atoms. The van der Waals surface area contributed by atoms with Crippen LogP contribution in [0.4, 0.5) is 0 Å². The first kappa shape index (κ1) is 10.4. The van der Waals surface area contributed by atoms with Crippen molar-refractivity contribution in [3.63, 3.8) is 0 Å². The summed E-state index contributed by atoms with van der Waals surface area (Å²) in [5.74, 6) is 2.17. The first-order chi connectivity index (χ1) is 7.74. The van der Waals surface area contributed by atoms with E-state index in [-0.39, 0.29) is 6.79 Å². The minimum Gasteiger partial charge on any atom is -0.454 e. The lowest BCUT2D eigenvalue weighted by Gasteiger charge is -2.11. The zero-order valence-electron chi connectivity index (χ0n) is 8.78. The fourth-order valence-electron chi connectivity index (χ4n) is 1.99. The van der Waals surface area contributed by atoms with Crippen LogP contribution < -0.4 is 9.47 Å². The molecule has 1 atom stereocenters. The van der Waals surface area contributed by atoms with Crippen molar-refractivity contribution in [1.29, 1.82) is 0 Å². The second-order valence-electron chi connectivity index (χ2n) is 4.43. The molecule has 1 N–H and O–H groups in total. The average Bonchev–Trinajstić information content (AvgIpc) is 2.94. The molecule has 1 aliphatic heterocycles. The number of fused-ring (bicyclic) bond motifs is 1. The zero-order valence-corrected chi connectivity index (χ0v) is 10.4. The molecule has 0 aromatic heterocycles. The normalized spacial score (nSPS) is 19.9. The Balaban J connectivity index is 1.86. The van der Waals surface area contributed by atoms with Gasteiger partial charge in [-0.25, -0.2) is 0 Å². The van der Waals surface area contributed by atoms with Crippen LogP contribution in [0.15, 0.2) is 16.6 Å². The number of ether oxygens (including phenoxy) is 2. The molecule has 1 heterocycles. The molecular formula is C12H13BrO3. The molecule has 4 heteroatoms. The number of hydrogen-bond acceptors (Lipinski definition) is 3. The summed E-state index contributed by atoms with van der Waals surface area (Å²) in [6.07, 6.45) is 2.97. The van der Waals surface area contributed by atoms with Gasteiger partial charge in [-0.1, -0.05) is 12.8 Å². The van der Waals surface area contributed by atoms with E-state index in [0.29, 0.717) is 5.92 Å². The second-order valence-corrected chi connectivity index (χ2v) is 5.29. The highest BCUT2D eigenvalue weighted by molar-refractivity contribution is 9.10. The molecule has 3 nitrogen and oxygen atoms in total. The van der Waals surface area contributed by atoms with E-state index in [1.807, 2.05) is 12.1 Å². The van der Waals surface area contributed by atoms with Gasteiger partial charge in [0.15, 0.2) is 11.5 Å². The predicted molar refractivity (Wildman–Crippen MR) is 62.6 cm³/mol. The molecule has 3 rings (SSSR count). The second kappa shape index (κ2) is 3.93. The third kappa shape index (κ3) is 1.92. The van der Waals surface area contributed by atoms with Crippen LogP contribution in [0, 0.1) is 5.92 Å². The van der Waals surface area contributed by atoms with Gasteiger partial charge < -0.3 is 14.6 Å². The molecule has 0 bridgehead atoms. The fraction of sp³-hybridized carbons (Fsp3) is 0.500. The Bertz CT molecular complexity index is 415. The summed E-state index contributed by atoms with van der Waals surface area (Å²) in [6.45, 7) is 0.260. The lowest BCUT2D eigenvalue weighted by Crippen LogP contribution is -1.98. The van der Waals surface area contributed by atoms with Crippen LogP contribution in [0.1, 0.15) is 30.9 Å². The van der Waals surface area contributed by atoms with Gasteiger partial charge in [-0.15, -0.1) is 0 Å². The molecular weight excluding hydrogens is 272 g/mol. The molecule has 0 radical (unpaired) electrons. The third-order valence-electron chi connectivity index (χ3n) is 3.09. The van der Waals surface area contributed by atoms with Crippen molar-refractivity contribution in [3.05, 3.63) is 22.2 Å². The molecule has 1 fully saturated rings. The topological polar surface area (TPSA) is 38.7 Å². The van der Waals surface area contributed by atoms with Crippen LogP contribution >= 0.6 is 15.9 Å². The molecule has 1 aliphatic carbocycles. The summed E-state index contributed by atoms with van der Waals surface area (Å²) in [7, 11) is 0. The minimum atomic E-state index is -0.390. The Kier molecular flexibility index (Phi) is 2.56. The first-order valence-corrected chi connectivity index (χ1v) is 6.30. The van der Waals surface area contributed by atoms with Crippen LogP contribution in [0.3, 0.4) is 0 Å². The molecule has 0 amide bonds. The number of aliphatic hydroxyl groups excluding tert-OH is 1. The lowest BCUT2D eigenvalue weighted by molar-refractivity contribution is 0.159. The predicted octanol–water partition coefficient (Wildman–Crippen LogP) is 3.01. The first-order valence-electron chi connectivity index (χ1n) is 5.51. The minimum absolute atomic E-state index is 0.260. The van der Waals surface area contributed by atoms with Crippen LogP contribution in [0.2, 0.25) is 0 Å². The Morgan fingerprint density at radius 2 is 2.19 bits per heavy atom. The van der Waals surface area contributed by atoms with Crippen molar-refractivity contribution in [1.82, 2.24) is 0 Å². The highest BCUT2D eigenvalue weighted by Crippen LogP contribution is 2.43. The van der Waals surface area contributed by atoms with Gasteiger partial charge in [0.2, 0.25) is 6.79 Å². The highest BCUT2D eigenvalue weighted by atomic mass is 79.9. The molecule has 1 aromatic carbocycles. The van der Waals surface area contributed by atoms with Crippen LogP contribution in [-0.4, -0.2) is 11.9 Å². The van der Waals surface area contributed by atoms with Gasteiger partial charge in [0.1, 0.15) is 0 Å². The van der Waals surface area contributed by atoms with Gasteiger partial charge in [-0.2, -0.15) is 0 Å². The maximum atomic E-state index is 10.1. The maximum absolute atomic E-state index is 10.1. The largest absolute Gasteiger partial charge is 0.454 e. The van der Waals surface area contributed by atoms with Crippen molar-refractivity contribution >= 4 is 15.9 Å². The smallest absolute Gasteiger partial charge is 0.231 e. The highest BCUT2D eigenvalue weighted by Gasteiger charge is 2.27. The van der Waals surface area contributed by atoms with E-state index in [4.69, 9.17) is 9.47 Å². The number of benzene rings is 1. The quantitative estimate of drug-likeness (QED) is 0.927. The molecule has 1 saturated carbocycles. The van der Waals surface area contributed by atoms with Crippen molar-refractivity contribution < 1.29 is 14.6 Å². The van der Waals surface area contributed by atoms with Crippen LogP contribution in [0.25, 0.3) is 0 Å². The number of aliphatic hydroxyl groups is 1. The molecule has 0 saturated heterocycles. The standard InChI is InChI=1S/C12H13BrO3/c13-9-4-8(10(14)3-7-1-2-7)5-11-12(9)16-6-15-11/h4-5,7,10,14H,1-3,6H2. The number of halogens is 1. The van der Waals surface area contributed by atoms with Crippen LogP contribution in [-0.2, 0) is 0 Å². The van der Waals surface area contributed by atoms with E-state index in [9.17, 15) is 5.11 Å². The van der Waals surface area contributed by atoms with Gasteiger partial charge >= 0.3 is 0 Å². The van der Waals surface area contributed by atoms with Gasteiger partial charge in [-0.3, -0.25) is 0 Å². The van der Waals surface area contributed by atoms with Crippen molar-refractivity contribution in [2.45, 2.75) is 25.4 Å². The summed E-state index contributed by atoms with van der Waals surface area (Å²) in [4.78, 5) is 0. The third-order valence-corrected chi connectivity index (χ3v) is 3.68. The molecule has 1 unspecified atom stereocenters. The van der Waals surface area contributed by atoms with Crippen LogP contribution in [0.5, 0.6) is 11.5 Å². The van der Waals surface area contributed by atoms with E-state index in [1.165, 1.54) is 12.8 Å². The average molecular weight is 285 g/mol. The molecule has 16 heavy (non-hydrogen) atoms. The Morgan fingerprint density at radius 3 is 2.94 bits per heavy atom. The maximum Gasteiger partial charge on any atom is 0.231 e. The van der Waals surface area contributed by atoms with Gasteiger partial charge in [0.25, 0.3) is 0 Å². The van der Waals surface area contributed by atoms with E-state index >= 15 is 0 Å². The summed E-state index contributed by atoms with van der Waals surface area (Å²) >= 11 is 3.43. The Hall–Kier alpha value is -0.740. The molecule has 86 valence electrons. The van der Waals surface area contributed by atoms with Crippen molar-refractivity contribution in [3.8, 4) is 11.5 Å². The molecule has 2 aliphatic rings. The van der Waals surface area contributed by atoms with E-state index < -0.39 is 6.10 Å². The Morgan fingerprint density at radius 1 is 1.38 bits per heavy atom. The summed E-state index contributed by atoms with van der Waals surface area (Å²) in [5.41, 5.74) is 0.906. The SMILES string of the molecule is OC(CC1CC1)c1cc(Br)c2c(c1)OCO2. The van der Waals surface area contributed by atoms with Crippen molar-refractivity contribution in [2.24, 2.45) is 5.92 Å². The fourth-order valence-corrected chi connectivity index (χ4v) is 2.56. The van der Waals surface area contributed by atoms with Gasteiger partial charge in [-0.05, 0) is 46.0 Å². The van der Waals surface area contributed by atoms with Crippen molar-refractivity contribution in [2.75, 3.05) is 6.79 Å². The van der Waals surface area contributed by atoms with Gasteiger partial charge in [0.05, 0.1) is 10.6 Å². The Labute approximate surface area is 102 Å². The summed E-state index contributed by atoms with van der Waals surface area (Å²) < 4.78 is 11.5. The molecule has 1 aromatic rings. The number of hydrogen-bond donors (Lipinski definition) is 1. The summed E-state index contributed by atoms with van der Waals surface area (Å²) in [5, 5.41) is 10.1. The monoisotopic (exact) mass is 284 g/mol. The summed E-state index contributed by atoms with van der Waals surface area (Å²) in [6, 6.07) is 3.79. The van der Waals surface area contributed by atoms with E-state index in [1.54, 1.807) is 0 Å². The lowest BCUT2D eigenvalue weighted by atomic mass is 10.0. The van der Waals surface area contributed by atoms with Gasteiger partial charge in [0, 0.05) is 0 Å². The zero-order chi connectivity index (χ0) is 11.1. The van der Waals surface area contributed by atoms with E-state index in [0.717, 1.165) is 28.0 Å².